The second-order valence-corrected chi connectivity index (χ2v) is 6.10. The summed E-state index contributed by atoms with van der Waals surface area (Å²) in [4.78, 5) is 11.6. The summed E-state index contributed by atoms with van der Waals surface area (Å²) in [6, 6.07) is 4.65. The summed E-state index contributed by atoms with van der Waals surface area (Å²) < 4.78 is 37.7. The van der Waals surface area contributed by atoms with Crippen molar-refractivity contribution in [3.63, 3.8) is 0 Å². The van der Waals surface area contributed by atoms with Gasteiger partial charge in [0.2, 0.25) is 0 Å². The zero-order valence-electron chi connectivity index (χ0n) is 11.9. The number of furan rings is 1. The van der Waals surface area contributed by atoms with Crippen molar-refractivity contribution in [3.8, 4) is 16.9 Å². The summed E-state index contributed by atoms with van der Waals surface area (Å²) in [5.41, 5.74) is 0.980. The Kier molecular flexibility index (Phi) is 4.53. The van der Waals surface area contributed by atoms with E-state index < -0.39 is 21.8 Å². The van der Waals surface area contributed by atoms with Gasteiger partial charge in [-0.1, -0.05) is 12.1 Å². The molecule has 2 rings (SSSR count). The molecule has 0 aliphatic carbocycles. The SMILES string of the molecule is COc1c(-c2ccoc2)ccc(CS(=O)(=O)OC)c1C(=O)O. The van der Waals surface area contributed by atoms with Crippen LogP contribution in [-0.2, 0) is 20.1 Å². The van der Waals surface area contributed by atoms with Gasteiger partial charge in [0.15, 0.2) is 0 Å². The fourth-order valence-electron chi connectivity index (χ4n) is 2.08. The van der Waals surface area contributed by atoms with E-state index in [9.17, 15) is 18.3 Å². The molecule has 22 heavy (non-hydrogen) atoms. The molecule has 0 bridgehead atoms. The van der Waals surface area contributed by atoms with Gasteiger partial charge < -0.3 is 14.3 Å². The van der Waals surface area contributed by atoms with Gasteiger partial charge in [-0.3, -0.25) is 4.18 Å². The van der Waals surface area contributed by atoms with Crippen LogP contribution < -0.4 is 4.74 Å². The van der Waals surface area contributed by atoms with Crippen molar-refractivity contribution in [2.75, 3.05) is 14.2 Å². The molecule has 8 heteroatoms. The van der Waals surface area contributed by atoms with E-state index in [4.69, 9.17) is 9.15 Å². The minimum absolute atomic E-state index is 0.0673. The zero-order chi connectivity index (χ0) is 16.3. The van der Waals surface area contributed by atoms with Crippen LogP contribution in [0.1, 0.15) is 15.9 Å². The highest BCUT2D eigenvalue weighted by molar-refractivity contribution is 7.85. The lowest BCUT2D eigenvalue weighted by molar-refractivity contribution is 0.0692. The summed E-state index contributed by atoms with van der Waals surface area (Å²) in [6.07, 6.45) is 2.88. The maximum atomic E-state index is 11.6. The minimum atomic E-state index is -3.86. The second kappa shape index (κ2) is 6.20. The van der Waals surface area contributed by atoms with E-state index in [-0.39, 0.29) is 16.9 Å². The molecular weight excluding hydrogens is 312 g/mol. The highest BCUT2D eigenvalue weighted by atomic mass is 32.2. The van der Waals surface area contributed by atoms with E-state index >= 15 is 0 Å². The van der Waals surface area contributed by atoms with Crippen molar-refractivity contribution in [2.24, 2.45) is 0 Å². The van der Waals surface area contributed by atoms with Crippen LogP contribution in [0.4, 0.5) is 0 Å². The smallest absolute Gasteiger partial charge is 0.339 e. The zero-order valence-corrected chi connectivity index (χ0v) is 12.7. The Morgan fingerprint density at radius 1 is 1.27 bits per heavy atom. The molecule has 0 amide bonds. The maximum Gasteiger partial charge on any atom is 0.339 e. The van der Waals surface area contributed by atoms with Gasteiger partial charge in [0.25, 0.3) is 10.1 Å². The Labute approximate surface area is 127 Å². The van der Waals surface area contributed by atoms with Crippen LogP contribution >= 0.6 is 0 Å². The van der Waals surface area contributed by atoms with Crippen LogP contribution in [0, 0.1) is 0 Å². The first-order valence-corrected chi connectivity index (χ1v) is 7.71. The quantitative estimate of drug-likeness (QED) is 0.811. The van der Waals surface area contributed by atoms with Crippen LogP contribution in [0.15, 0.2) is 35.1 Å². The number of ether oxygens (including phenoxy) is 1. The van der Waals surface area contributed by atoms with Gasteiger partial charge in [0.1, 0.15) is 17.1 Å². The molecule has 2 aromatic rings. The Balaban J connectivity index is 2.65. The molecule has 0 aliphatic rings. The predicted molar refractivity (Wildman–Crippen MR) is 77.3 cm³/mol. The summed E-state index contributed by atoms with van der Waals surface area (Å²) >= 11 is 0. The van der Waals surface area contributed by atoms with Gasteiger partial charge in [-0.15, -0.1) is 0 Å². The topological polar surface area (TPSA) is 103 Å². The van der Waals surface area contributed by atoms with E-state index in [2.05, 4.69) is 4.18 Å². The minimum Gasteiger partial charge on any atom is -0.495 e. The van der Waals surface area contributed by atoms with Crippen LogP contribution in [-0.4, -0.2) is 33.7 Å². The molecule has 0 saturated carbocycles. The monoisotopic (exact) mass is 326 g/mol. The number of hydrogen-bond acceptors (Lipinski definition) is 6. The first-order chi connectivity index (χ1) is 10.4. The van der Waals surface area contributed by atoms with Crippen molar-refractivity contribution in [3.05, 3.63) is 41.9 Å². The Morgan fingerprint density at radius 2 is 2.00 bits per heavy atom. The fraction of sp³-hybridized carbons (Fsp3) is 0.214. The number of carboxylic acid groups (broad SMARTS) is 1. The normalized spacial score (nSPS) is 11.4. The number of benzene rings is 1. The Morgan fingerprint density at radius 3 is 2.50 bits per heavy atom. The summed E-state index contributed by atoms with van der Waals surface area (Å²) in [7, 11) is -1.52. The molecule has 1 aromatic carbocycles. The number of rotatable bonds is 6. The number of carboxylic acids is 1. The molecule has 118 valence electrons. The van der Waals surface area contributed by atoms with Gasteiger partial charge in [-0.2, -0.15) is 8.42 Å². The molecule has 0 atom stereocenters. The lowest BCUT2D eigenvalue weighted by Crippen LogP contribution is -2.12. The summed E-state index contributed by atoms with van der Waals surface area (Å²) in [5, 5.41) is 9.43. The maximum absolute atomic E-state index is 11.6. The number of hydrogen-bond donors (Lipinski definition) is 1. The molecule has 0 saturated heterocycles. The third-order valence-electron chi connectivity index (χ3n) is 3.08. The molecule has 0 aliphatic heterocycles. The number of methoxy groups -OCH3 is 1. The van der Waals surface area contributed by atoms with Crippen LogP contribution in [0.2, 0.25) is 0 Å². The number of aromatic carboxylic acids is 1. The van der Waals surface area contributed by atoms with Crippen molar-refractivity contribution >= 4 is 16.1 Å². The molecular formula is C14H14O7S. The Bertz CT molecular complexity index is 776. The second-order valence-electron chi connectivity index (χ2n) is 4.37. The lowest BCUT2D eigenvalue weighted by atomic mass is 9.99. The average molecular weight is 326 g/mol. The average Bonchev–Trinajstić information content (AvgIpc) is 3.00. The highest BCUT2D eigenvalue weighted by Crippen LogP contribution is 2.36. The third kappa shape index (κ3) is 3.12. The van der Waals surface area contributed by atoms with Crippen molar-refractivity contribution in [1.29, 1.82) is 0 Å². The van der Waals surface area contributed by atoms with E-state index in [0.717, 1.165) is 7.11 Å². The molecule has 0 fully saturated rings. The van der Waals surface area contributed by atoms with E-state index in [1.165, 1.54) is 25.7 Å². The van der Waals surface area contributed by atoms with Crippen LogP contribution in [0.25, 0.3) is 11.1 Å². The van der Waals surface area contributed by atoms with Gasteiger partial charge in [-0.25, -0.2) is 4.79 Å². The van der Waals surface area contributed by atoms with E-state index in [1.807, 2.05) is 0 Å². The first-order valence-electron chi connectivity index (χ1n) is 6.13. The fourth-order valence-corrected chi connectivity index (χ4v) is 2.82. The van der Waals surface area contributed by atoms with Gasteiger partial charge in [-0.05, 0) is 11.6 Å². The van der Waals surface area contributed by atoms with Crippen molar-refractivity contribution in [2.45, 2.75) is 5.75 Å². The van der Waals surface area contributed by atoms with E-state index in [0.29, 0.717) is 11.1 Å². The standard InChI is InChI=1S/C14H14O7S/c1-19-13-11(9-5-6-21-7-9)4-3-10(12(13)14(15)16)8-22(17,18)20-2/h3-7H,8H2,1-2H3,(H,15,16). The van der Waals surface area contributed by atoms with Crippen molar-refractivity contribution in [1.82, 2.24) is 0 Å². The molecule has 7 nitrogen and oxygen atoms in total. The first kappa shape index (κ1) is 16.1. The molecule has 0 radical (unpaired) electrons. The van der Waals surface area contributed by atoms with E-state index in [1.54, 1.807) is 12.1 Å². The van der Waals surface area contributed by atoms with Gasteiger partial charge in [0.05, 0.1) is 26.7 Å². The molecule has 1 heterocycles. The van der Waals surface area contributed by atoms with Crippen LogP contribution in [0.5, 0.6) is 5.75 Å². The lowest BCUT2D eigenvalue weighted by Gasteiger charge is -2.14. The molecule has 1 N–H and O–H groups in total. The van der Waals surface area contributed by atoms with Crippen molar-refractivity contribution < 1.29 is 31.7 Å². The Hall–Kier alpha value is -2.32. The highest BCUT2D eigenvalue weighted by Gasteiger charge is 2.24. The predicted octanol–water partition coefficient (Wildman–Crippen LogP) is 2.13. The molecule has 0 unspecified atom stereocenters. The summed E-state index contributed by atoms with van der Waals surface area (Å²) in [5.74, 6) is -1.78. The molecule has 0 spiro atoms. The van der Waals surface area contributed by atoms with Crippen LogP contribution in [0.3, 0.4) is 0 Å². The summed E-state index contributed by atoms with van der Waals surface area (Å²) in [6.45, 7) is 0. The van der Waals surface area contributed by atoms with Gasteiger partial charge >= 0.3 is 5.97 Å². The molecule has 1 aromatic heterocycles. The van der Waals surface area contributed by atoms with Gasteiger partial charge in [0, 0.05) is 11.1 Å². The number of carbonyl (C=O) groups is 1. The third-order valence-corrected chi connectivity index (χ3v) is 4.25. The largest absolute Gasteiger partial charge is 0.495 e.